The Morgan fingerprint density at radius 1 is 1.67 bits per heavy atom. The van der Waals surface area contributed by atoms with Crippen LogP contribution in [0, 0.1) is 0 Å². The Hall–Kier alpha value is 0.496. The minimum Gasteiger partial charge on any atom is -0.740 e. The van der Waals surface area contributed by atoms with Crippen LogP contribution in [-0.2, 0) is 19.0 Å². The van der Waals surface area contributed by atoms with E-state index in [2.05, 4.69) is 4.98 Å². The second-order valence-corrected chi connectivity index (χ2v) is 4.33. The molecule has 74 valence electrons. The van der Waals surface area contributed by atoms with Crippen LogP contribution in [0.5, 0.6) is 0 Å². The molecule has 4 nitrogen and oxygen atoms in total. The van der Waals surface area contributed by atoms with Crippen molar-refractivity contribution in [3.8, 4) is 0 Å². The van der Waals surface area contributed by atoms with Crippen molar-refractivity contribution < 1.29 is 51.4 Å². The topological polar surface area (TPSA) is 60.9 Å². The van der Waals surface area contributed by atoms with Gasteiger partial charge >= 0.3 is 51.4 Å². The van der Waals surface area contributed by atoms with Gasteiger partial charge in [0.1, 0.15) is 4.83 Å². The number of aromatic nitrogens is 2. The van der Waals surface area contributed by atoms with Gasteiger partial charge in [0.05, 0.1) is 5.39 Å². The van der Waals surface area contributed by atoms with Crippen LogP contribution >= 0.6 is 11.3 Å². The molecule has 0 aromatic carbocycles. The van der Waals surface area contributed by atoms with E-state index < -0.39 is 0 Å². The number of hydrogen-bond acceptors (Lipinski definition) is 5. The summed E-state index contributed by atoms with van der Waals surface area (Å²) in [7, 11) is 0. The van der Waals surface area contributed by atoms with Crippen molar-refractivity contribution in [2.24, 2.45) is 0 Å². The fourth-order valence-corrected chi connectivity index (χ4v) is 2.39. The van der Waals surface area contributed by atoms with Gasteiger partial charge in [0.15, 0.2) is 0 Å². The molecule has 0 saturated heterocycles. The molecule has 0 aliphatic heterocycles. The molecule has 2 aromatic rings. The maximum atomic E-state index is 11.6. The van der Waals surface area contributed by atoms with Crippen LogP contribution in [0.1, 0.15) is 11.8 Å². The summed E-state index contributed by atoms with van der Waals surface area (Å²) in [6.45, 7) is 2.03. The van der Waals surface area contributed by atoms with E-state index in [0.717, 1.165) is 16.0 Å². The van der Waals surface area contributed by atoms with Crippen molar-refractivity contribution in [3.63, 3.8) is 0 Å². The maximum absolute atomic E-state index is 11.6. The molecule has 0 amide bonds. The van der Waals surface area contributed by atoms with Gasteiger partial charge in [-0.3, -0.25) is 4.79 Å². The Labute approximate surface area is 139 Å². The summed E-state index contributed by atoms with van der Waals surface area (Å²) >= 11 is 6.33. The second-order valence-electron chi connectivity index (χ2n) is 2.85. The molecule has 0 radical (unpaired) electrons. The molecule has 0 spiro atoms. The van der Waals surface area contributed by atoms with Gasteiger partial charge in [0.2, 0.25) is 0 Å². The summed E-state index contributed by atoms with van der Waals surface area (Å²) in [5.74, 6) is 5.44. The first-order valence-corrected chi connectivity index (χ1v) is 5.33. The molecule has 0 aliphatic carbocycles. The second kappa shape index (κ2) is 5.22. The quantitative estimate of drug-likeness (QED) is 0.271. The fourth-order valence-electron chi connectivity index (χ4n) is 1.20. The molecule has 0 unspecified atom stereocenters. The number of aryl methyl sites for hydroxylation is 1. The first kappa shape index (κ1) is 13.6. The summed E-state index contributed by atoms with van der Waals surface area (Å²) < 4.78 is 0.907. The number of rotatable bonds is 1. The summed E-state index contributed by atoms with van der Waals surface area (Å²) in [5.41, 5.74) is -0.268. The van der Waals surface area contributed by atoms with Crippen molar-refractivity contribution in [1.82, 2.24) is 9.66 Å². The first-order chi connectivity index (χ1) is 6.63. The number of nitrogens with two attached hydrogens (primary N) is 1. The number of nitrogen functional groups attached to an aromatic ring is 1. The third-order valence-corrected chi connectivity index (χ3v) is 3.43. The monoisotopic (exact) mass is 265 g/mol. The van der Waals surface area contributed by atoms with Gasteiger partial charge in [-0.1, -0.05) is 6.92 Å². The molecule has 0 fully saturated rings. The van der Waals surface area contributed by atoms with Crippen LogP contribution in [-0.4, -0.2) is 9.66 Å². The van der Waals surface area contributed by atoms with Gasteiger partial charge in [0, 0.05) is 10.0 Å². The van der Waals surface area contributed by atoms with E-state index in [9.17, 15) is 4.79 Å². The molecule has 0 aliphatic rings. The van der Waals surface area contributed by atoms with Crippen molar-refractivity contribution in [1.29, 1.82) is 0 Å². The molecule has 0 atom stereocenters. The molecule has 2 heterocycles. The van der Waals surface area contributed by atoms with E-state index in [-0.39, 0.29) is 62.1 Å². The van der Waals surface area contributed by atoms with Crippen LogP contribution in [0.2, 0.25) is 0 Å². The number of fused-ring (bicyclic) bond motifs is 1. The van der Waals surface area contributed by atoms with Crippen LogP contribution < -0.4 is 62.8 Å². The number of nitrogens with zero attached hydrogens (tertiary/aromatic N) is 2. The number of thiophene rings is 1. The van der Waals surface area contributed by atoms with E-state index in [1.54, 1.807) is 0 Å². The van der Waals surface area contributed by atoms with Crippen molar-refractivity contribution >= 4 is 34.2 Å². The van der Waals surface area contributed by atoms with Crippen molar-refractivity contribution in [2.45, 2.75) is 18.5 Å². The van der Waals surface area contributed by atoms with E-state index >= 15 is 0 Å². The Bertz CT molecular complexity index is 549. The van der Waals surface area contributed by atoms with Gasteiger partial charge in [-0.15, -0.1) is 11.3 Å². The SMILES string of the molecule is CCc1cc2c(=O)n(N)c([S-])nc2s1.[K+]. The zero-order valence-electron chi connectivity index (χ0n) is 8.48. The molecule has 2 rings (SSSR count). The Morgan fingerprint density at radius 3 is 2.93 bits per heavy atom. The van der Waals surface area contributed by atoms with Crippen LogP contribution in [0.4, 0.5) is 0 Å². The van der Waals surface area contributed by atoms with Gasteiger partial charge in [-0.2, -0.15) is 0 Å². The summed E-state index contributed by atoms with van der Waals surface area (Å²) in [6, 6.07) is 1.83. The summed E-state index contributed by atoms with van der Waals surface area (Å²) in [6.07, 6.45) is 0.887. The molecular weight excluding hydrogens is 257 g/mol. The zero-order valence-corrected chi connectivity index (χ0v) is 13.2. The van der Waals surface area contributed by atoms with E-state index in [4.69, 9.17) is 18.5 Å². The minimum atomic E-state index is -0.268. The smallest absolute Gasteiger partial charge is 0.740 e. The Kier molecular flexibility index (Phi) is 4.72. The van der Waals surface area contributed by atoms with E-state index in [0.29, 0.717) is 10.2 Å². The van der Waals surface area contributed by atoms with Gasteiger partial charge in [0.25, 0.3) is 5.56 Å². The number of hydrogen-bond donors (Lipinski definition) is 1. The van der Waals surface area contributed by atoms with Crippen molar-refractivity contribution in [3.05, 3.63) is 21.3 Å². The van der Waals surface area contributed by atoms with Crippen molar-refractivity contribution in [2.75, 3.05) is 5.84 Å². The molecule has 0 bridgehead atoms. The first-order valence-electron chi connectivity index (χ1n) is 4.11. The van der Waals surface area contributed by atoms with Crippen LogP contribution in [0.25, 0.3) is 10.2 Å². The fraction of sp³-hybridized carbons (Fsp3) is 0.250. The van der Waals surface area contributed by atoms with E-state index in [1.165, 1.54) is 11.3 Å². The molecule has 0 saturated carbocycles. The predicted molar refractivity (Wildman–Crippen MR) is 59.0 cm³/mol. The van der Waals surface area contributed by atoms with Crippen LogP contribution in [0.3, 0.4) is 0 Å². The molecular formula is C8H8KN3OS2. The standard InChI is InChI=1S/C8H9N3OS2.K/c1-2-4-3-5-6(14-4)10-8(13)11(9)7(5)12;/h3H,2,9H2,1H3,(H,10,13);/q;+1/p-1. The van der Waals surface area contributed by atoms with Gasteiger partial charge < -0.3 is 18.5 Å². The van der Waals surface area contributed by atoms with E-state index in [1.807, 2.05) is 13.0 Å². The largest absolute Gasteiger partial charge is 1.00 e. The maximum Gasteiger partial charge on any atom is 1.00 e. The Morgan fingerprint density at radius 2 is 2.33 bits per heavy atom. The molecule has 2 N–H and O–H groups in total. The average Bonchev–Trinajstić information content (AvgIpc) is 2.57. The molecule has 2 aromatic heterocycles. The minimum absolute atomic E-state index is 0. The van der Waals surface area contributed by atoms with Gasteiger partial charge in [-0.05, 0) is 12.5 Å². The Balaban J connectivity index is 0.00000112. The summed E-state index contributed by atoms with van der Waals surface area (Å²) in [4.78, 5) is 17.5. The predicted octanol–water partition coefficient (Wildman–Crippen LogP) is -2.36. The third-order valence-electron chi connectivity index (χ3n) is 1.96. The normalized spacial score (nSPS) is 10.2. The zero-order chi connectivity index (χ0) is 10.3. The molecule has 15 heavy (non-hydrogen) atoms. The third kappa shape index (κ3) is 2.43. The van der Waals surface area contributed by atoms with Gasteiger partial charge in [-0.25, -0.2) is 9.66 Å². The van der Waals surface area contributed by atoms with Crippen LogP contribution in [0.15, 0.2) is 16.0 Å². The molecule has 7 heteroatoms. The summed E-state index contributed by atoms with van der Waals surface area (Å²) in [5, 5.41) is 0.690. The average molecular weight is 265 g/mol.